The van der Waals surface area contributed by atoms with Gasteiger partial charge in [-0.2, -0.15) is 0 Å². The molecule has 0 unspecified atom stereocenters. The molecule has 27 heavy (non-hydrogen) atoms. The van der Waals surface area contributed by atoms with Crippen molar-refractivity contribution in [2.24, 2.45) is 5.73 Å². The second-order valence-corrected chi connectivity index (χ2v) is 6.75. The first-order valence-corrected chi connectivity index (χ1v) is 9.32. The van der Waals surface area contributed by atoms with E-state index in [9.17, 15) is 4.39 Å². The van der Waals surface area contributed by atoms with Gasteiger partial charge in [-0.1, -0.05) is 23.7 Å². The Bertz CT molecular complexity index is 901. The number of benzene rings is 1. The summed E-state index contributed by atoms with van der Waals surface area (Å²) in [5, 5.41) is 3.86. The first-order valence-electron chi connectivity index (χ1n) is 8.94. The number of aryl methyl sites for hydroxylation is 1. The molecule has 0 spiro atoms. The van der Waals surface area contributed by atoms with Crippen LogP contribution in [0.3, 0.4) is 0 Å². The molecule has 2 heterocycles. The summed E-state index contributed by atoms with van der Waals surface area (Å²) in [6, 6.07) is 10.5. The van der Waals surface area contributed by atoms with Gasteiger partial charge in [0, 0.05) is 42.0 Å². The molecule has 0 aliphatic heterocycles. The van der Waals surface area contributed by atoms with Crippen molar-refractivity contribution in [1.29, 1.82) is 0 Å². The van der Waals surface area contributed by atoms with E-state index in [1.165, 1.54) is 12.1 Å². The molecule has 2 aromatic heterocycles. The Morgan fingerprint density at radius 1 is 1.07 bits per heavy atom. The zero-order chi connectivity index (χ0) is 19.1. The smallest absolute Gasteiger partial charge is 0.123 e. The maximum Gasteiger partial charge on any atom is 0.123 e. The highest BCUT2D eigenvalue weighted by Crippen LogP contribution is 2.29. The van der Waals surface area contributed by atoms with Gasteiger partial charge in [0.15, 0.2) is 0 Å². The van der Waals surface area contributed by atoms with Gasteiger partial charge < -0.3 is 11.1 Å². The summed E-state index contributed by atoms with van der Waals surface area (Å²) >= 11 is 6.36. The molecule has 3 rings (SSSR count). The van der Waals surface area contributed by atoms with Crippen molar-refractivity contribution in [2.75, 3.05) is 11.9 Å². The fraction of sp³-hybridized carbons (Fsp3) is 0.238. The Morgan fingerprint density at radius 2 is 1.96 bits per heavy atom. The number of nitrogens with two attached hydrogens (primary N) is 1. The van der Waals surface area contributed by atoms with E-state index in [2.05, 4.69) is 15.3 Å². The number of halogens is 2. The first kappa shape index (κ1) is 19.3. The molecular formula is C21H22ClFN4. The second kappa shape index (κ2) is 9.44. The molecule has 0 atom stereocenters. The molecule has 0 aliphatic rings. The highest BCUT2D eigenvalue weighted by molar-refractivity contribution is 6.33. The van der Waals surface area contributed by atoms with Crippen molar-refractivity contribution < 1.29 is 4.39 Å². The molecule has 3 N–H and O–H groups in total. The SMILES string of the molecule is NCCCCc1cc(-c2cncc(NCc3cccc(F)c3)c2)c(Cl)cn1. The summed E-state index contributed by atoms with van der Waals surface area (Å²) in [4.78, 5) is 8.70. The molecule has 4 nitrogen and oxygen atoms in total. The van der Waals surface area contributed by atoms with Gasteiger partial charge in [-0.3, -0.25) is 9.97 Å². The topological polar surface area (TPSA) is 63.8 Å². The van der Waals surface area contributed by atoms with Gasteiger partial charge in [0.1, 0.15) is 5.82 Å². The lowest BCUT2D eigenvalue weighted by atomic mass is 10.1. The maximum atomic E-state index is 13.3. The minimum absolute atomic E-state index is 0.244. The number of nitrogens with one attached hydrogen (secondary N) is 1. The molecule has 140 valence electrons. The number of aromatic nitrogens is 2. The minimum Gasteiger partial charge on any atom is -0.380 e. The average molecular weight is 385 g/mol. The summed E-state index contributed by atoms with van der Waals surface area (Å²) in [7, 11) is 0. The van der Waals surface area contributed by atoms with Crippen LogP contribution in [-0.4, -0.2) is 16.5 Å². The average Bonchev–Trinajstić information content (AvgIpc) is 2.68. The Balaban J connectivity index is 1.75. The van der Waals surface area contributed by atoms with Crippen LogP contribution < -0.4 is 11.1 Å². The summed E-state index contributed by atoms with van der Waals surface area (Å²) in [6.45, 7) is 1.20. The fourth-order valence-electron chi connectivity index (χ4n) is 2.83. The van der Waals surface area contributed by atoms with Gasteiger partial charge in [-0.15, -0.1) is 0 Å². The molecule has 0 bridgehead atoms. The first-order chi connectivity index (χ1) is 13.2. The molecule has 0 amide bonds. The number of unbranched alkanes of at least 4 members (excludes halogenated alkanes) is 1. The van der Waals surface area contributed by atoms with Crippen molar-refractivity contribution in [3.8, 4) is 11.1 Å². The standard InChI is InChI=1S/C21H22ClFN4/c22-21-14-27-18(6-1-2-7-24)10-20(21)16-9-19(13-25-12-16)26-11-15-4-3-5-17(23)8-15/h3-5,8-10,12-14,26H,1-2,6-7,11,24H2. The number of pyridine rings is 2. The number of nitrogens with zero attached hydrogens (tertiary/aromatic N) is 2. The minimum atomic E-state index is -0.244. The molecular weight excluding hydrogens is 363 g/mol. The summed E-state index contributed by atoms with van der Waals surface area (Å²) < 4.78 is 13.3. The third-order valence-corrected chi connectivity index (χ3v) is 4.54. The Kier molecular flexibility index (Phi) is 6.74. The molecule has 3 aromatic rings. The number of hydrogen-bond donors (Lipinski definition) is 2. The van der Waals surface area contributed by atoms with Crippen LogP contribution in [0.25, 0.3) is 11.1 Å². The molecule has 0 radical (unpaired) electrons. The van der Waals surface area contributed by atoms with Crippen molar-refractivity contribution in [1.82, 2.24) is 9.97 Å². The summed E-state index contributed by atoms with van der Waals surface area (Å²) in [5.41, 5.74) is 10.1. The Hall–Kier alpha value is -2.50. The highest BCUT2D eigenvalue weighted by Gasteiger charge is 2.08. The van der Waals surface area contributed by atoms with Crippen LogP contribution in [0.4, 0.5) is 10.1 Å². The lowest BCUT2D eigenvalue weighted by Gasteiger charge is -2.10. The Labute approximate surface area is 163 Å². The zero-order valence-corrected chi connectivity index (χ0v) is 15.7. The number of hydrogen-bond acceptors (Lipinski definition) is 4. The molecule has 6 heteroatoms. The van der Waals surface area contributed by atoms with E-state index in [1.54, 1.807) is 24.7 Å². The molecule has 0 saturated heterocycles. The van der Waals surface area contributed by atoms with Crippen LogP contribution in [0.2, 0.25) is 5.02 Å². The quantitative estimate of drug-likeness (QED) is 0.546. The predicted molar refractivity (Wildman–Crippen MR) is 108 cm³/mol. The number of rotatable bonds is 8. The molecule has 0 aliphatic carbocycles. The van der Waals surface area contributed by atoms with Gasteiger partial charge in [-0.25, -0.2) is 4.39 Å². The third-order valence-electron chi connectivity index (χ3n) is 4.23. The van der Waals surface area contributed by atoms with E-state index < -0.39 is 0 Å². The van der Waals surface area contributed by atoms with E-state index in [1.807, 2.05) is 18.2 Å². The summed E-state index contributed by atoms with van der Waals surface area (Å²) in [5.74, 6) is -0.244. The van der Waals surface area contributed by atoms with Crippen LogP contribution >= 0.6 is 11.6 Å². The second-order valence-electron chi connectivity index (χ2n) is 6.35. The van der Waals surface area contributed by atoms with Crippen LogP contribution in [0.15, 0.2) is 55.0 Å². The number of anilines is 1. The largest absolute Gasteiger partial charge is 0.380 e. The lowest BCUT2D eigenvalue weighted by molar-refractivity contribution is 0.626. The third kappa shape index (κ3) is 5.49. The van der Waals surface area contributed by atoms with Crippen LogP contribution in [0.5, 0.6) is 0 Å². The van der Waals surface area contributed by atoms with Gasteiger partial charge in [0.2, 0.25) is 0 Å². The van der Waals surface area contributed by atoms with E-state index >= 15 is 0 Å². The van der Waals surface area contributed by atoms with Gasteiger partial charge >= 0.3 is 0 Å². The van der Waals surface area contributed by atoms with Crippen molar-refractivity contribution >= 4 is 17.3 Å². The van der Waals surface area contributed by atoms with Gasteiger partial charge in [0.25, 0.3) is 0 Å². The van der Waals surface area contributed by atoms with E-state index in [4.69, 9.17) is 17.3 Å². The van der Waals surface area contributed by atoms with Gasteiger partial charge in [-0.05, 0) is 55.6 Å². The summed E-state index contributed by atoms with van der Waals surface area (Å²) in [6.07, 6.45) is 8.03. The van der Waals surface area contributed by atoms with Crippen molar-refractivity contribution in [3.63, 3.8) is 0 Å². The normalized spacial score (nSPS) is 10.8. The zero-order valence-electron chi connectivity index (χ0n) is 15.0. The molecule has 0 saturated carbocycles. The fourth-order valence-corrected chi connectivity index (χ4v) is 3.04. The monoisotopic (exact) mass is 384 g/mol. The molecule has 0 fully saturated rings. The van der Waals surface area contributed by atoms with Crippen molar-refractivity contribution in [3.05, 3.63) is 77.1 Å². The maximum absolute atomic E-state index is 13.3. The van der Waals surface area contributed by atoms with Crippen molar-refractivity contribution in [2.45, 2.75) is 25.8 Å². The Morgan fingerprint density at radius 3 is 2.78 bits per heavy atom. The van der Waals surface area contributed by atoms with Crippen LogP contribution in [0, 0.1) is 5.82 Å². The van der Waals surface area contributed by atoms with E-state index in [-0.39, 0.29) is 5.82 Å². The predicted octanol–water partition coefficient (Wildman–Crippen LogP) is 4.83. The van der Waals surface area contributed by atoms with Crippen LogP contribution in [-0.2, 0) is 13.0 Å². The van der Waals surface area contributed by atoms with E-state index in [0.717, 1.165) is 47.3 Å². The lowest BCUT2D eigenvalue weighted by Crippen LogP contribution is -2.01. The highest BCUT2D eigenvalue weighted by atomic mass is 35.5. The molecule has 1 aromatic carbocycles. The van der Waals surface area contributed by atoms with Crippen LogP contribution in [0.1, 0.15) is 24.1 Å². The van der Waals surface area contributed by atoms with E-state index in [0.29, 0.717) is 18.1 Å². The van der Waals surface area contributed by atoms with Gasteiger partial charge in [0.05, 0.1) is 10.7 Å².